The second kappa shape index (κ2) is 3.91. The first-order valence-corrected chi connectivity index (χ1v) is 4.59. The van der Waals surface area contributed by atoms with Gasteiger partial charge in [0.25, 0.3) is 0 Å². The predicted octanol–water partition coefficient (Wildman–Crippen LogP) is 2.85. The largest absolute Gasteiger partial charge is 0.382 e. The molecule has 1 N–H and O–H groups in total. The Hall–Kier alpha value is -1.17. The van der Waals surface area contributed by atoms with Gasteiger partial charge in [0.05, 0.1) is 9.40 Å². The first-order chi connectivity index (χ1) is 6.49. The molecule has 0 heterocycles. The van der Waals surface area contributed by atoms with Gasteiger partial charge in [-0.3, -0.25) is 10.1 Å². The smallest absolute Gasteiger partial charge is 0.329 e. The Kier molecular flexibility index (Phi) is 3.05. The highest BCUT2D eigenvalue weighted by Crippen LogP contribution is 2.35. The van der Waals surface area contributed by atoms with Crippen LogP contribution in [0.1, 0.15) is 5.56 Å². The fourth-order valence-electron chi connectivity index (χ4n) is 1.22. The Bertz CT molecular complexity index is 395. The summed E-state index contributed by atoms with van der Waals surface area (Å²) in [5.41, 5.74) is 0.294. The standard InChI is InChI=1S/C8H8BrFN2O2/c1-4-3-5(9)6(10)8(12(13)14)7(4)11-2/h3,11H,1-2H3. The molecular weight excluding hydrogens is 255 g/mol. The number of hydrogen-bond acceptors (Lipinski definition) is 3. The van der Waals surface area contributed by atoms with Gasteiger partial charge in [0.1, 0.15) is 5.69 Å². The van der Waals surface area contributed by atoms with Gasteiger partial charge in [0.15, 0.2) is 0 Å². The van der Waals surface area contributed by atoms with Crippen LogP contribution in [-0.2, 0) is 0 Å². The van der Waals surface area contributed by atoms with Gasteiger partial charge in [0, 0.05) is 7.05 Å². The highest BCUT2D eigenvalue weighted by molar-refractivity contribution is 9.10. The molecule has 0 aromatic heterocycles. The molecule has 4 nitrogen and oxygen atoms in total. The number of rotatable bonds is 2. The number of anilines is 1. The zero-order valence-corrected chi connectivity index (χ0v) is 9.18. The molecule has 0 aliphatic carbocycles. The minimum atomic E-state index is -0.857. The van der Waals surface area contributed by atoms with E-state index in [1.54, 1.807) is 6.92 Å². The normalized spacial score (nSPS) is 10.0. The Labute approximate surface area is 88.4 Å². The predicted molar refractivity (Wildman–Crippen MR) is 55.0 cm³/mol. The van der Waals surface area contributed by atoms with Gasteiger partial charge < -0.3 is 5.32 Å². The van der Waals surface area contributed by atoms with Gasteiger partial charge in [0.2, 0.25) is 5.82 Å². The van der Waals surface area contributed by atoms with Gasteiger partial charge in [-0.2, -0.15) is 4.39 Å². The molecular formula is C8H8BrFN2O2. The Morgan fingerprint density at radius 2 is 2.21 bits per heavy atom. The van der Waals surface area contributed by atoms with Crippen LogP contribution < -0.4 is 5.32 Å². The number of benzene rings is 1. The molecule has 0 saturated carbocycles. The third kappa shape index (κ3) is 1.70. The average Bonchev–Trinajstić information content (AvgIpc) is 2.10. The molecule has 0 radical (unpaired) electrons. The molecule has 6 heteroatoms. The highest BCUT2D eigenvalue weighted by Gasteiger charge is 2.24. The lowest BCUT2D eigenvalue weighted by Crippen LogP contribution is -2.02. The van der Waals surface area contributed by atoms with Crippen LogP contribution in [0.5, 0.6) is 0 Å². The van der Waals surface area contributed by atoms with Crippen LogP contribution in [0, 0.1) is 22.9 Å². The van der Waals surface area contributed by atoms with E-state index in [9.17, 15) is 14.5 Å². The monoisotopic (exact) mass is 262 g/mol. The SMILES string of the molecule is CNc1c(C)cc(Br)c(F)c1[N+](=O)[O-]. The third-order valence-corrected chi connectivity index (χ3v) is 2.40. The van der Waals surface area contributed by atoms with E-state index in [-0.39, 0.29) is 10.2 Å². The van der Waals surface area contributed by atoms with E-state index in [2.05, 4.69) is 21.2 Å². The molecule has 0 bridgehead atoms. The molecule has 0 saturated heterocycles. The average molecular weight is 263 g/mol. The summed E-state index contributed by atoms with van der Waals surface area (Å²) in [5.74, 6) is -0.857. The van der Waals surface area contributed by atoms with E-state index in [1.807, 2.05) is 0 Å². The summed E-state index contributed by atoms with van der Waals surface area (Å²) in [6.45, 7) is 1.67. The van der Waals surface area contributed by atoms with Crippen LogP contribution in [0.3, 0.4) is 0 Å². The van der Waals surface area contributed by atoms with Gasteiger partial charge in [-0.15, -0.1) is 0 Å². The molecule has 0 amide bonds. The van der Waals surface area contributed by atoms with Gasteiger partial charge >= 0.3 is 5.69 Å². The number of nitrogens with one attached hydrogen (secondary N) is 1. The molecule has 1 rings (SSSR count). The molecule has 0 spiro atoms. The van der Waals surface area contributed by atoms with Crippen LogP contribution >= 0.6 is 15.9 Å². The number of nitro benzene ring substituents is 1. The van der Waals surface area contributed by atoms with Crippen LogP contribution in [0.15, 0.2) is 10.5 Å². The summed E-state index contributed by atoms with van der Waals surface area (Å²) in [5, 5.41) is 13.2. The molecule has 0 aliphatic heterocycles. The number of halogens is 2. The molecule has 0 fully saturated rings. The van der Waals surface area contributed by atoms with Crippen LogP contribution in [0.25, 0.3) is 0 Å². The summed E-state index contributed by atoms with van der Waals surface area (Å²) < 4.78 is 13.4. The molecule has 1 aromatic rings. The Balaban J connectivity index is 3.56. The summed E-state index contributed by atoms with van der Waals surface area (Å²) in [4.78, 5) is 9.87. The summed E-state index contributed by atoms with van der Waals surface area (Å²) >= 11 is 2.92. The van der Waals surface area contributed by atoms with Crippen molar-refractivity contribution in [1.82, 2.24) is 0 Å². The molecule has 0 unspecified atom stereocenters. The van der Waals surface area contributed by atoms with E-state index in [0.29, 0.717) is 5.56 Å². The quantitative estimate of drug-likeness (QED) is 0.659. The molecule has 1 aromatic carbocycles. The lowest BCUT2D eigenvalue weighted by molar-refractivity contribution is -0.386. The minimum Gasteiger partial charge on any atom is -0.382 e. The van der Waals surface area contributed by atoms with E-state index in [4.69, 9.17) is 0 Å². The molecule has 0 atom stereocenters. The van der Waals surface area contributed by atoms with E-state index in [1.165, 1.54) is 13.1 Å². The highest BCUT2D eigenvalue weighted by atomic mass is 79.9. The zero-order valence-electron chi connectivity index (χ0n) is 7.60. The topological polar surface area (TPSA) is 55.2 Å². The molecule has 76 valence electrons. The van der Waals surface area contributed by atoms with Gasteiger partial charge in [-0.25, -0.2) is 0 Å². The van der Waals surface area contributed by atoms with E-state index < -0.39 is 16.4 Å². The Morgan fingerprint density at radius 1 is 1.64 bits per heavy atom. The minimum absolute atomic E-state index is 0.0979. The maximum Gasteiger partial charge on any atom is 0.329 e. The fourth-order valence-corrected chi connectivity index (χ4v) is 1.75. The van der Waals surface area contributed by atoms with E-state index in [0.717, 1.165) is 0 Å². The van der Waals surface area contributed by atoms with Crippen molar-refractivity contribution >= 4 is 27.3 Å². The lowest BCUT2D eigenvalue weighted by Gasteiger charge is -2.07. The van der Waals surface area contributed by atoms with Gasteiger partial charge in [-0.05, 0) is 34.5 Å². The second-order valence-corrected chi connectivity index (χ2v) is 3.57. The van der Waals surface area contributed by atoms with Crippen molar-refractivity contribution in [2.24, 2.45) is 0 Å². The number of aryl methyl sites for hydroxylation is 1. The van der Waals surface area contributed by atoms with Crippen molar-refractivity contribution in [3.05, 3.63) is 32.0 Å². The number of nitro groups is 1. The fraction of sp³-hybridized carbons (Fsp3) is 0.250. The first-order valence-electron chi connectivity index (χ1n) is 3.79. The first kappa shape index (κ1) is 10.9. The maximum atomic E-state index is 13.4. The van der Waals surface area contributed by atoms with Crippen molar-refractivity contribution in [3.63, 3.8) is 0 Å². The Morgan fingerprint density at radius 3 is 2.64 bits per heavy atom. The van der Waals surface area contributed by atoms with Crippen LogP contribution in [-0.4, -0.2) is 12.0 Å². The van der Waals surface area contributed by atoms with E-state index >= 15 is 0 Å². The van der Waals surface area contributed by atoms with Crippen molar-refractivity contribution < 1.29 is 9.31 Å². The van der Waals surface area contributed by atoms with Crippen LogP contribution in [0.4, 0.5) is 15.8 Å². The van der Waals surface area contributed by atoms with Crippen molar-refractivity contribution in [3.8, 4) is 0 Å². The molecule has 0 aliphatic rings. The third-order valence-electron chi connectivity index (χ3n) is 1.82. The van der Waals surface area contributed by atoms with Crippen molar-refractivity contribution in [1.29, 1.82) is 0 Å². The zero-order chi connectivity index (χ0) is 10.9. The summed E-state index contributed by atoms with van der Waals surface area (Å²) in [6, 6.07) is 1.49. The number of nitrogens with zero attached hydrogens (tertiary/aromatic N) is 1. The van der Waals surface area contributed by atoms with Crippen molar-refractivity contribution in [2.45, 2.75) is 6.92 Å². The summed E-state index contributed by atoms with van der Waals surface area (Å²) in [7, 11) is 1.52. The van der Waals surface area contributed by atoms with Crippen molar-refractivity contribution in [2.75, 3.05) is 12.4 Å². The maximum absolute atomic E-state index is 13.4. The molecule has 14 heavy (non-hydrogen) atoms. The lowest BCUT2D eigenvalue weighted by atomic mass is 10.1. The van der Waals surface area contributed by atoms with Gasteiger partial charge in [-0.1, -0.05) is 0 Å². The second-order valence-electron chi connectivity index (χ2n) is 2.72. The number of hydrogen-bond donors (Lipinski definition) is 1. The van der Waals surface area contributed by atoms with Crippen LogP contribution in [0.2, 0.25) is 0 Å². The summed E-state index contributed by atoms with van der Waals surface area (Å²) in [6.07, 6.45) is 0.